The standard InChI is InChI=1S/C35H26N2O2/c1-21-18-22(2)33(23(3)19-21)37-34(38)29-14-9-13-26(32(29)35(37)39)24-16-17-28-27-12-7-8-15-30(27)36(31(28)20-24)25-10-5-4-6-11-25/h4-20H,1-3H3. The van der Waals surface area contributed by atoms with Crippen LogP contribution in [0.1, 0.15) is 37.4 Å². The van der Waals surface area contributed by atoms with E-state index in [9.17, 15) is 9.59 Å². The van der Waals surface area contributed by atoms with E-state index in [0.717, 1.165) is 49.9 Å². The maximum Gasteiger partial charge on any atom is 0.266 e. The van der Waals surface area contributed by atoms with Crippen LogP contribution in [0.3, 0.4) is 0 Å². The molecule has 2 heterocycles. The molecule has 39 heavy (non-hydrogen) atoms. The van der Waals surface area contributed by atoms with Crippen LogP contribution in [0.4, 0.5) is 5.69 Å². The highest BCUT2D eigenvalue weighted by atomic mass is 16.2. The fraction of sp³-hybridized carbons (Fsp3) is 0.0857. The number of imide groups is 1. The van der Waals surface area contributed by atoms with Crippen LogP contribution < -0.4 is 4.90 Å². The minimum absolute atomic E-state index is 0.272. The second kappa shape index (κ2) is 8.53. The van der Waals surface area contributed by atoms with Crippen LogP contribution in [0.15, 0.2) is 103 Å². The maximum atomic E-state index is 14.0. The van der Waals surface area contributed by atoms with Gasteiger partial charge in [-0.25, -0.2) is 4.90 Å². The Labute approximate surface area is 226 Å². The van der Waals surface area contributed by atoms with Gasteiger partial charge >= 0.3 is 0 Å². The van der Waals surface area contributed by atoms with E-state index in [1.54, 1.807) is 6.07 Å². The highest BCUT2D eigenvalue weighted by molar-refractivity contribution is 6.36. The van der Waals surface area contributed by atoms with Gasteiger partial charge in [-0.15, -0.1) is 0 Å². The van der Waals surface area contributed by atoms with Gasteiger partial charge in [0.2, 0.25) is 0 Å². The summed E-state index contributed by atoms with van der Waals surface area (Å²) in [4.78, 5) is 29.0. The fourth-order valence-corrected chi connectivity index (χ4v) is 6.25. The molecule has 188 valence electrons. The van der Waals surface area contributed by atoms with Crippen LogP contribution in [0.5, 0.6) is 0 Å². The molecule has 7 rings (SSSR count). The first kappa shape index (κ1) is 23.2. The van der Waals surface area contributed by atoms with Crippen LogP contribution in [0.2, 0.25) is 0 Å². The summed E-state index contributed by atoms with van der Waals surface area (Å²) < 4.78 is 2.26. The van der Waals surface area contributed by atoms with Crippen molar-refractivity contribution in [3.05, 3.63) is 131 Å². The number of hydrogen-bond donors (Lipinski definition) is 0. The lowest BCUT2D eigenvalue weighted by Gasteiger charge is -2.20. The molecule has 6 aromatic rings. The van der Waals surface area contributed by atoms with E-state index in [1.165, 1.54) is 10.3 Å². The van der Waals surface area contributed by atoms with E-state index in [4.69, 9.17) is 0 Å². The Morgan fingerprint density at radius 2 is 1.23 bits per heavy atom. The van der Waals surface area contributed by atoms with Gasteiger partial charge in [0.1, 0.15) is 0 Å². The first-order valence-corrected chi connectivity index (χ1v) is 13.1. The molecule has 0 bridgehead atoms. The summed E-state index contributed by atoms with van der Waals surface area (Å²) in [6.07, 6.45) is 0. The van der Waals surface area contributed by atoms with E-state index in [-0.39, 0.29) is 11.8 Å². The lowest BCUT2D eigenvalue weighted by Crippen LogP contribution is -2.31. The summed E-state index contributed by atoms with van der Waals surface area (Å²) in [5, 5.41) is 2.31. The third kappa shape index (κ3) is 3.38. The van der Waals surface area contributed by atoms with Gasteiger partial charge in [0.15, 0.2) is 0 Å². The number of hydrogen-bond acceptors (Lipinski definition) is 2. The monoisotopic (exact) mass is 506 g/mol. The van der Waals surface area contributed by atoms with Crippen molar-refractivity contribution in [2.24, 2.45) is 0 Å². The zero-order chi connectivity index (χ0) is 26.8. The molecule has 0 radical (unpaired) electrons. The van der Waals surface area contributed by atoms with Crippen LogP contribution in [-0.4, -0.2) is 16.4 Å². The van der Waals surface area contributed by atoms with Crippen molar-refractivity contribution in [3.63, 3.8) is 0 Å². The van der Waals surface area contributed by atoms with E-state index < -0.39 is 0 Å². The molecular formula is C35H26N2O2. The molecule has 0 saturated carbocycles. The molecule has 0 spiro atoms. The van der Waals surface area contributed by atoms with E-state index >= 15 is 0 Å². The number of anilines is 1. The molecule has 2 amide bonds. The molecule has 0 aliphatic carbocycles. The number of aryl methyl sites for hydroxylation is 3. The number of carbonyl (C=O) groups excluding carboxylic acids is 2. The largest absolute Gasteiger partial charge is 0.309 e. The van der Waals surface area contributed by atoms with Gasteiger partial charge in [-0.1, -0.05) is 78.4 Å². The SMILES string of the molecule is Cc1cc(C)c(N2C(=O)c3cccc(-c4ccc5c6ccccc6n(-c6ccccc6)c5c4)c3C2=O)c(C)c1. The molecule has 0 N–H and O–H groups in total. The van der Waals surface area contributed by atoms with Crippen molar-refractivity contribution < 1.29 is 9.59 Å². The minimum atomic E-state index is -0.274. The minimum Gasteiger partial charge on any atom is -0.309 e. The van der Waals surface area contributed by atoms with E-state index in [0.29, 0.717) is 16.8 Å². The van der Waals surface area contributed by atoms with Gasteiger partial charge in [-0.05, 0) is 73.4 Å². The van der Waals surface area contributed by atoms with Gasteiger partial charge < -0.3 is 4.57 Å². The number of fused-ring (bicyclic) bond motifs is 4. The number of rotatable bonds is 3. The third-order valence-corrected chi connectivity index (χ3v) is 7.77. The van der Waals surface area contributed by atoms with Gasteiger partial charge in [0.25, 0.3) is 11.8 Å². The number of para-hydroxylation sites is 2. The topological polar surface area (TPSA) is 42.3 Å². The zero-order valence-electron chi connectivity index (χ0n) is 22.0. The van der Waals surface area contributed by atoms with Crippen molar-refractivity contribution in [2.45, 2.75) is 20.8 Å². The molecular weight excluding hydrogens is 480 g/mol. The van der Waals surface area contributed by atoms with Crippen molar-refractivity contribution in [2.75, 3.05) is 4.90 Å². The second-order valence-corrected chi connectivity index (χ2v) is 10.3. The summed E-state index contributed by atoms with van der Waals surface area (Å²) >= 11 is 0. The highest BCUT2D eigenvalue weighted by Crippen LogP contribution is 2.40. The summed E-state index contributed by atoms with van der Waals surface area (Å²) in [6, 6.07) is 34.6. The second-order valence-electron chi connectivity index (χ2n) is 10.3. The molecule has 0 saturated heterocycles. The Morgan fingerprint density at radius 3 is 2.00 bits per heavy atom. The summed E-state index contributed by atoms with van der Waals surface area (Å²) in [5.41, 5.74) is 9.43. The smallest absolute Gasteiger partial charge is 0.266 e. The van der Waals surface area contributed by atoms with Gasteiger partial charge in [0.05, 0.1) is 27.8 Å². The van der Waals surface area contributed by atoms with Gasteiger partial charge in [-0.3, -0.25) is 9.59 Å². The quantitative estimate of drug-likeness (QED) is 0.227. The number of nitrogens with zero attached hydrogens (tertiary/aromatic N) is 2. The molecule has 4 nitrogen and oxygen atoms in total. The number of benzene rings is 5. The molecule has 1 aliphatic heterocycles. The van der Waals surface area contributed by atoms with Crippen molar-refractivity contribution in [1.29, 1.82) is 0 Å². The molecule has 0 unspecified atom stereocenters. The average molecular weight is 507 g/mol. The third-order valence-electron chi connectivity index (χ3n) is 7.77. The highest BCUT2D eigenvalue weighted by Gasteiger charge is 2.40. The number of carbonyl (C=O) groups is 2. The molecule has 5 aromatic carbocycles. The van der Waals surface area contributed by atoms with E-state index in [2.05, 4.69) is 59.2 Å². The molecule has 1 aromatic heterocycles. The molecule has 4 heteroatoms. The number of aromatic nitrogens is 1. The summed E-state index contributed by atoms with van der Waals surface area (Å²) in [5.74, 6) is -0.546. The lowest BCUT2D eigenvalue weighted by atomic mass is 9.95. The van der Waals surface area contributed by atoms with Crippen LogP contribution in [0.25, 0.3) is 38.6 Å². The lowest BCUT2D eigenvalue weighted by molar-refractivity contribution is 0.0926. The molecule has 0 atom stereocenters. The Morgan fingerprint density at radius 1 is 0.564 bits per heavy atom. The van der Waals surface area contributed by atoms with Crippen LogP contribution >= 0.6 is 0 Å². The Hall–Kier alpha value is -4.96. The molecule has 0 fully saturated rings. The van der Waals surface area contributed by atoms with Crippen LogP contribution in [-0.2, 0) is 0 Å². The Kier molecular flexibility index (Phi) is 5.07. The van der Waals surface area contributed by atoms with Crippen molar-refractivity contribution >= 4 is 39.3 Å². The van der Waals surface area contributed by atoms with Gasteiger partial charge in [-0.2, -0.15) is 0 Å². The average Bonchev–Trinajstić information content (AvgIpc) is 3.40. The van der Waals surface area contributed by atoms with Gasteiger partial charge in [0, 0.05) is 16.5 Å². The summed E-state index contributed by atoms with van der Waals surface area (Å²) in [7, 11) is 0. The van der Waals surface area contributed by atoms with E-state index in [1.807, 2.05) is 63.2 Å². The van der Waals surface area contributed by atoms with Crippen molar-refractivity contribution in [3.8, 4) is 16.8 Å². The zero-order valence-corrected chi connectivity index (χ0v) is 22.0. The Balaban J connectivity index is 1.44. The maximum absolute atomic E-state index is 14.0. The normalized spacial score (nSPS) is 13.1. The molecule has 1 aliphatic rings. The number of amides is 2. The first-order chi connectivity index (χ1) is 18.9. The predicted octanol–water partition coefficient (Wildman–Crippen LogP) is 8.18. The fourth-order valence-electron chi connectivity index (χ4n) is 6.25. The Bertz CT molecular complexity index is 1960. The first-order valence-electron chi connectivity index (χ1n) is 13.1. The predicted molar refractivity (Wildman–Crippen MR) is 158 cm³/mol. The van der Waals surface area contributed by atoms with Crippen molar-refractivity contribution in [1.82, 2.24) is 4.57 Å². The van der Waals surface area contributed by atoms with Crippen LogP contribution in [0, 0.1) is 20.8 Å². The summed E-state index contributed by atoms with van der Waals surface area (Å²) in [6.45, 7) is 5.93.